The predicted octanol–water partition coefficient (Wildman–Crippen LogP) is 0.276. The van der Waals surface area contributed by atoms with E-state index in [1.165, 1.54) is 6.07 Å². The first-order valence-corrected chi connectivity index (χ1v) is 9.54. The predicted molar refractivity (Wildman–Crippen MR) is 75.6 cm³/mol. The lowest BCUT2D eigenvalue weighted by Crippen LogP contribution is -2.48. The third kappa shape index (κ3) is 2.36. The Labute approximate surface area is 118 Å². The first-order valence-electron chi connectivity index (χ1n) is 6.17. The number of anilines is 2. The number of fused-ring (bicyclic) bond motifs is 3. The molecule has 9 heteroatoms. The first kappa shape index (κ1) is 13.7. The van der Waals surface area contributed by atoms with Gasteiger partial charge in [0.15, 0.2) is 0 Å². The van der Waals surface area contributed by atoms with E-state index in [-0.39, 0.29) is 16.7 Å². The number of rotatable bonds is 2. The van der Waals surface area contributed by atoms with Crippen molar-refractivity contribution in [2.45, 2.75) is 23.9 Å². The SMILES string of the molecule is CS(=O)(=O)Nc1ccc2c(c1)S(=O)(=O)NC1CCCN21. The van der Waals surface area contributed by atoms with E-state index in [9.17, 15) is 16.8 Å². The van der Waals surface area contributed by atoms with Crippen LogP contribution in [0.3, 0.4) is 0 Å². The second-order valence-electron chi connectivity index (χ2n) is 5.03. The molecule has 2 heterocycles. The largest absolute Gasteiger partial charge is 0.354 e. The smallest absolute Gasteiger partial charge is 0.244 e. The summed E-state index contributed by atoms with van der Waals surface area (Å²) in [6.07, 6.45) is 2.54. The second-order valence-corrected chi connectivity index (χ2v) is 8.46. The average molecular weight is 317 g/mol. The fourth-order valence-electron chi connectivity index (χ4n) is 2.66. The van der Waals surface area contributed by atoms with Gasteiger partial charge >= 0.3 is 0 Å². The minimum absolute atomic E-state index is 0.115. The fourth-order valence-corrected chi connectivity index (χ4v) is 4.69. The third-order valence-electron chi connectivity index (χ3n) is 3.41. The topological polar surface area (TPSA) is 95.6 Å². The number of nitrogens with zero attached hydrogens (tertiary/aromatic N) is 1. The molecule has 2 aliphatic rings. The zero-order valence-electron chi connectivity index (χ0n) is 10.8. The zero-order valence-corrected chi connectivity index (χ0v) is 12.5. The van der Waals surface area contributed by atoms with Gasteiger partial charge in [-0.05, 0) is 31.0 Å². The Kier molecular flexibility index (Phi) is 2.96. The number of nitrogens with one attached hydrogen (secondary N) is 2. The average Bonchev–Trinajstić information content (AvgIpc) is 2.74. The Hall–Kier alpha value is -1.32. The first-order chi connectivity index (χ1) is 9.26. The van der Waals surface area contributed by atoms with Crippen molar-refractivity contribution >= 4 is 31.4 Å². The molecule has 110 valence electrons. The van der Waals surface area contributed by atoms with E-state index in [1.807, 2.05) is 4.90 Å². The van der Waals surface area contributed by atoms with Gasteiger partial charge in [0.2, 0.25) is 20.0 Å². The molecule has 0 radical (unpaired) electrons. The molecule has 2 aliphatic heterocycles. The molecule has 1 aromatic rings. The number of benzene rings is 1. The van der Waals surface area contributed by atoms with Crippen LogP contribution in [0.25, 0.3) is 0 Å². The molecule has 7 nitrogen and oxygen atoms in total. The summed E-state index contributed by atoms with van der Waals surface area (Å²) < 4.78 is 51.8. The quantitative estimate of drug-likeness (QED) is 0.816. The van der Waals surface area contributed by atoms with Gasteiger partial charge in [-0.3, -0.25) is 4.72 Å². The summed E-state index contributed by atoms with van der Waals surface area (Å²) in [5.41, 5.74) is 0.875. The zero-order chi connectivity index (χ0) is 14.5. The van der Waals surface area contributed by atoms with Crippen molar-refractivity contribution in [1.82, 2.24) is 4.72 Å². The van der Waals surface area contributed by atoms with E-state index >= 15 is 0 Å². The Bertz CT molecular complexity index is 758. The van der Waals surface area contributed by atoms with Gasteiger partial charge in [0, 0.05) is 12.2 Å². The van der Waals surface area contributed by atoms with E-state index in [1.54, 1.807) is 12.1 Å². The Balaban J connectivity index is 2.10. The van der Waals surface area contributed by atoms with Gasteiger partial charge < -0.3 is 4.90 Å². The van der Waals surface area contributed by atoms with E-state index in [0.717, 1.165) is 25.6 Å². The van der Waals surface area contributed by atoms with Crippen molar-refractivity contribution in [3.8, 4) is 0 Å². The molecule has 1 aromatic carbocycles. The molecule has 0 aromatic heterocycles. The monoisotopic (exact) mass is 317 g/mol. The molecule has 0 bridgehead atoms. The van der Waals surface area contributed by atoms with Crippen molar-refractivity contribution < 1.29 is 16.8 Å². The summed E-state index contributed by atoms with van der Waals surface area (Å²) in [5, 5.41) is 0. The molecule has 20 heavy (non-hydrogen) atoms. The highest BCUT2D eigenvalue weighted by molar-refractivity contribution is 7.92. The molecule has 3 rings (SSSR count). The van der Waals surface area contributed by atoms with E-state index in [4.69, 9.17) is 0 Å². The van der Waals surface area contributed by atoms with Gasteiger partial charge in [0.1, 0.15) is 4.90 Å². The second kappa shape index (κ2) is 4.34. The van der Waals surface area contributed by atoms with Crippen LogP contribution in [-0.4, -0.2) is 35.8 Å². The lowest BCUT2D eigenvalue weighted by Gasteiger charge is -2.34. The van der Waals surface area contributed by atoms with Crippen LogP contribution in [-0.2, 0) is 20.0 Å². The van der Waals surface area contributed by atoms with Crippen LogP contribution >= 0.6 is 0 Å². The van der Waals surface area contributed by atoms with E-state index in [0.29, 0.717) is 5.69 Å². The lowest BCUT2D eigenvalue weighted by atomic mass is 10.2. The molecule has 0 saturated carbocycles. The molecule has 0 spiro atoms. The normalized spacial score (nSPS) is 24.1. The fraction of sp³-hybridized carbons (Fsp3) is 0.455. The van der Waals surface area contributed by atoms with Crippen LogP contribution in [0, 0.1) is 0 Å². The van der Waals surface area contributed by atoms with E-state index < -0.39 is 20.0 Å². The molecule has 2 N–H and O–H groups in total. The van der Waals surface area contributed by atoms with Crippen molar-refractivity contribution in [2.75, 3.05) is 22.4 Å². The highest BCUT2D eigenvalue weighted by Crippen LogP contribution is 2.36. The molecule has 1 unspecified atom stereocenters. The van der Waals surface area contributed by atoms with Crippen LogP contribution in [0.4, 0.5) is 11.4 Å². The Morgan fingerprint density at radius 2 is 2.15 bits per heavy atom. The molecular weight excluding hydrogens is 302 g/mol. The van der Waals surface area contributed by atoms with Gasteiger partial charge in [0.05, 0.1) is 18.1 Å². The van der Waals surface area contributed by atoms with Crippen molar-refractivity contribution in [1.29, 1.82) is 0 Å². The summed E-state index contributed by atoms with van der Waals surface area (Å²) >= 11 is 0. The lowest BCUT2D eigenvalue weighted by molar-refractivity contribution is 0.540. The highest BCUT2D eigenvalue weighted by atomic mass is 32.2. The number of sulfonamides is 2. The molecule has 0 amide bonds. The number of hydrogen-bond donors (Lipinski definition) is 2. The van der Waals surface area contributed by atoms with Gasteiger partial charge in [-0.2, -0.15) is 4.72 Å². The standard InChI is InChI=1S/C11H15N3O4S2/c1-19(15,16)12-8-4-5-9-10(7-8)20(17,18)13-11-3-2-6-14(9)11/h4-5,7,11-13H,2-3,6H2,1H3. The van der Waals surface area contributed by atoms with Crippen LogP contribution in [0.1, 0.15) is 12.8 Å². The third-order valence-corrected chi connectivity index (χ3v) is 5.50. The van der Waals surface area contributed by atoms with Crippen LogP contribution in [0.15, 0.2) is 23.1 Å². The summed E-state index contributed by atoms with van der Waals surface area (Å²) in [6, 6.07) is 4.59. The van der Waals surface area contributed by atoms with E-state index in [2.05, 4.69) is 9.44 Å². The number of hydrogen-bond acceptors (Lipinski definition) is 5. The van der Waals surface area contributed by atoms with Gasteiger partial charge in [-0.25, -0.2) is 16.8 Å². The van der Waals surface area contributed by atoms with Gasteiger partial charge in [-0.15, -0.1) is 0 Å². The molecular formula is C11H15N3O4S2. The van der Waals surface area contributed by atoms with Crippen LogP contribution < -0.4 is 14.3 Å². The maximum Gasteiger partial charge on any atom is 0.244 e. The molecule has 1 atom stereocenters. The van der Waals surface area contributed by atoms with Gasteiger partial charge in [0.25, 0.3) is 0 Å². The summed E-state index contributed by atoms with van der Waals surface area (Å²) in [4.78, 5) is 2.12. The minimum Gasteiger partial charge on any atom is -0.354 e. The summed E-state index contributed by atoms with van der Waals surface area (Å²) in [7, 11) is -7.04. The minimum atomic E-state index is -3.60. The van der Waals surface area contributed by atoms with Crippen molar-refractivity contribution in [3.05, 3.63) is 18.2 Å². The maximum atomic E-state index is 12.2. The Morgan fingerprint density at radius 1 is 1.40 bits per heavy atom. The van der Waals surface area contributed by atoms with Crippen LogP contribution in [0.5, 0.6) is 0 Å². The molecule has 1 saturated heterocycles. The Morgan fingerprint density at radius 3 is 2.85 bits per heavy atom. The summed E-state index contributed by atoms with van der Waals surface area (Å²) in [5.74, 6) is 0. The van der Waals surface area contributed by atoms with Crippen molar-refractivity contribution in [3.63, 3.8) is 0 Å². The van der Waals surface area contributed by atoms with Crippen LogP contribution in [0.2, 0.25) is 0 Å². The molecule has 1 fully saturated rings. The maximum absolute atomic E-state index is 12.2. The van der Waals surface area contributed by atoms with Crippen molar-refractivity contribution in [2.24, 2.45) is 0 Å². The molecule has 0 aliphatic carbocycles. The highest BCUT2D eigenvalue weighted by Gasteiger charge is 2.37. The van der Waals surface area contributed by atoms with Gasteiger partial charge in [-0.1, -0.05) is 0 Å². The summed E-state index contributed by atoms with van der Waals surface area (Å²) in [6.45, 7) is 0.791.